The quantitative estimate of drug-likeness (QED) is 0.860. The van der Waals surface area contributed by atoms with Crippen LogP contribution in [0, 0.1) is 34.6 Å². The molecule has 1 amide bonds. The van der Waals surface area contributed by atoms with Crippen molar-refractivity contribution in [3.8, 4) is 0 Å². The first kappa shape index (κ1) is 19.1. The summed E-state index contributed by atoms with van der Waals surface area (Å²) in [4.78, 5) is 12.4. The van der Waals surface area contributed by atoms with Gasteiger partial charge in [-0.3, -0.25) is 4.79 Å². The van der Waals surface area contributed by atoms with Crippen molar-refractivity contribution in [2.75, 3.05) is 11.9 Å². The summed E-state index contributed by atoms with van der Waals surface area (Å²) >= 11 is 0. The second kappa shape index (κ2) is 7.37. The predicted octanol–water partition coefficient (Wildman–Crippen LogP) is 3.15. The molecule has 0 atom stereocenters. The third-order valence-electron chi connectivity index (χ3n) is 4.00. The van der Waals surface area contributed by atoms with Crippen LogP contribution in [0.5, 0.6) is 0 Å². The van der Waals surface area contributed by atoms with Gasteiger partial charge in [-0.25, -0.2) is 13.1 Å². The van der Waals surface area contributed by atoms with Crippen LogP contribution in [0.25, 0.3) is 0 Å². The molecule has 0 saturated heterocycles. The molecule has 0 spiro atoms. The van der Waals surface area contributed by atoms with E-state index in [0.717, 1.165) is 27.9 Å². The Hall–Kier alpha value is -2.18. The average Bonchev–Trinajstić information content (AvgIpc) is 2.51. The monoisotopic (exact) mass is 360 g/mol. The molecule has 0 fully saturated rings. The second-order valence-corrected chi connectivity index (χ2v) is 8.15. The molecule has 0 bridgehead atoms. The highest BCUT2D eigenvalue weighted by Gasteiger charge is 2.18. The van der Waals surface area contributed by atoms with Crippen molar-refractivity contribution in [2.24, 2.45) is 0 Å². The predicted molar refractivity (Wildman–Crippen MR) is 100 cm³/mol. The van der Waals surface area contributed by atoms with E-state index < -0.39 is 15.9 Å². The van der Waals surface area contributed by atoms with Crippen LogP contribution in [-0.2, 0) is 14.8 Å². The lowest BCUT2D eigenvalue weighted by Gasteiger charge is -2.14. The smallest absolute Gasteiger partial charge is 0.241 e. The van der Waals surface area contributed by atoms with Gasteiger partial charge in [-0.05, 0) is 62.9 Å². The van der Waals surface area contributed by atoms with E-state index in [0.29, 0.717) is 5.56 Å². The van der Waals surface area contributed by atoms with Crippen molar-refractivity contribution in [1.82, 2.24) is 4.72 Å². The first-order valence-electron chi connectivity index (χ1n) is 8.05. The third-order valence-corrected chi connectivity index (χ3v) is 5.54. The summed E-state index contributed by atoms with van der Waals surface area (Å²) in [5.74, 6) is -0.399. The molecular formula is C19H24N2O3S. The third kappa shape index (κ3) is 4.67. The van der Waals surface area contributed by atoms with Crippen LogP contribution in [-0.4, -0.2) is 20.9 Å². The SMILES string of the molecule is Cc1cc(C)c(NC(=O)CNS(=O)(=O)c2cc(C)ccc2C)c(C)c1. The molecule has 2 aromatic rings. The fourth-order valence-corrected chi connectivity index (χ4v) is 4.11. The van der Waals surface area contributed by atoms with Crippen LogP contribution in [0.2, 0.25) is 0 Å². The highest BCUT2D eigenvalue weighted by molar-refractivity contribution is 7.89. The van der Waals surface area contributed by atoms with Crippen molar-refractivity contribution in [2.45, 2.75) is 39.5 Å². The van der Waals surface area contributed by atoms with Gasteiger partial charge in [0.25, 0.3) is 0 Å². The molecule has 0 aliphatic heterocycles. The van der Waals surface area contributed by atoms with E-state index in [1.54, 1.807) is 19.1 Å². The summed E-state index contributed by atoms with van der Waals surface area (Å²) in [5, 5.41) is 2.79. The van der Waals surface area contributed by atoms with Gasteiger partial charge in [-0.15, -0.1) is 0 Å². The van der Waals surface area contributed by atoms with E-state index in [9.17, 15) is 13.2 Å². The molecule has 0 aromatic heterocycles. The molecule has 0 heterocycles. The Balaban J connectivity index is 2.11. The van der Waals surface area contributed by atoms with Crippen molar-refractivity contribution >= 4 is 21.6 Å². The fourth-order valence-electron chi connectivity index (χ4n) is 2.80. The van der Waals surface area contributed by atoms with E-state index >= 15 is 0 Å². The summed E-state index contributed by atoms with van der Waals surface area (Å²) in [6.07, 6.45) is 0. The topological polar surface area (TPSA) is 75.3 Å². The molecule has 2 aromatic carbocycles. The van der Waals surface area contributed by atoms with Gasteiger partial charge >= 0.3 is 0 Å². The highest BCUT2D eigenvalue weighted by Crippen LogP contribution is 2.22. The van der Waals surface area contributed by atoms with Crippen LogP contribution in [0.15, 0.2) is 35.2 Å². The van der Waals surface area contributed by atoms with Gasteiger partial charge in [-0.1, -0.05) is 29.8 Å². The zero-order chi connectivity index (χ0) is 18.8. The van der Waals surface area contributed by atoms with Gasteiger partial charge in [0.2, 0.25) is 15.9 Å². The maximum absolute atomic E-state index is 12.4. The summed E-state index contributed by atoms with van der Waals surface area (Å²) in [6.45, 7) is 9.05. The Labute approximate surface area is 149 Å². The number of sulfonamides is 1. The number of hydrogen-bond acceptors (Lipinski definition) is 3. The second-order valence-electron chi connectivity index (χ2n) is 6.42. The largest absolute Gasteiger partial charge is 0.324 e. The molecule has 6 heteroatoms. The Morgan fingerprint density at radius 3 is 2.08 bits per heavy atom. The van der Waals surface area contributed by atoms with Gasteiger partial charge in [0.15, 0.2) is 0 Å². The molecular weight excluding hydrogens is 336 g/mol. The van der Waals surface area contributed by atoms with Gasteiger partial charge in [0.1, 0.15) is 0 Å². The minimum Gasteiger partial charge on any atom is -0.324 e. The lowest BCUT2D eigenvalue weighted by molar-refractivity contribution is -0.115. The standard InChI is InChI=1S/C19H24N2O3S/c1-12-6-7-14(3)17(10-12)25(23,24)20-11-18(22)21-19-15(4)8-13(2)9-16(19)5/h6-10,20H,11H2,1-5H3,(H,21,22). The lowest BCUT2D eigenvalue weighted by atomic mass is 10.1. The van der Waals surface area contributed by atoms with E-state index in [2.05, 4.69) is 10.0 Å². The van der Waals surface area contributed by atoms with Crippen molar-refractivity contribution in [1.29, 1.82) is 0 Å². The molecule has 2 N–H and O–H groups in total. The first-order valence-corrected chi connectivity index (χ1v) is 9.53. The van der Waals surface area contributed by atoms with Crippen molar-refractivity contribution < 1.29 is 13.2 Å². The molecule has 134 valence electrons. The molecule has 25 heavy (non-hydrogen) atoms. The van der Waals surface area contributed by atoms with Gasteiger partial charge in [0, 0.05) is 5.69 Å². The molecule has 0 aliphatic rings. The molecule has 2 rings (SSSR count). The highest BCUT2D eigenvalue weighted by atomic mass is 32.2. The number of anilines is 1. The maximum atomic E-state index is 12.4. The zero-order valence-electron chi connectivity index (χ0n) is 15.2. The molecule has 0 unspecified atom stereocenters. The van der Waals surface area contributed by atoms with E-state index in [-0.39, 0.29) is 11.4 Å². The Bertz CT molecular complexity index is 895. The first-order chi connectivity index (χ1) is 11.6. The summed E-state index contributed by atoms with van der Waals surface area (Å²) < 4.78 is 27.3. The normalized spacial score (nSPS) is 11.4. The van der Waals surface area contributed by atoms with Crippen molar-refractivity contribution in [3.63, 3.8) is 0 Å². The molecule has 0 aliphatic carbocycles. The Morgan fingerprint density at radius 2 is 1.48 bits per heavy atom. The zero-order valence-corrected chi connectivity index (χ0v) is 16.0. The number of carbonyl (C=O) groups is 1. The van der Waals surface area contributed by atoms with E-state index in [1.807, 2.05) is 45.9 Å². The Kier molecular flexibility index (Phi) is 5.65. The van der Waals surface area contributed by atoms with Crippen LogP contribution < -0.4 is 10.0 Å². The van der Waals surface area contributed by atoms with Crippen LogP contribution in [0.1, 0.15) is 27.8 Å². The maximum Gasteiger partial charge on any atom is 0.241 e. The van der Waals surface area contributed by atoms with Crippen LogP contribution in [0.3, 0.4) is 0 Å². The minimum atomic E-state index is -3.74. The summed E-state index contributed by atoms with van der Waals surface area (Å²) in [5.41, 5.74) is 5.22. The average molecular weight is 360 g/mol. The number of aryl methyl sites for hydroxylation is 5. The number of nitrogens with one attached hydrogen (secondary N) is 2. The van der Waals surface area contributed by atoms with E-state index in [1.165, 1.54) is 0 Å². The molecule has 0 radical (unpaired) electrons. The van der Waals surface area contributed by atoms with Crippen LogP contribution >= 0.6 is 0 Å². The summed E-state index contributed by atoms with van der Waals surface area (Å²) in [7, 11) is -3.74. The number of benzene rings is 2. The number of rotatable bonds is 5. The molecule has 5 nitrogen and oxygen atoms in total. The van der Waals surface area contributed by atoms with Crippen molar-refractivity contribution in [3.05, 3.63) is 58.1 Å². The number of amides is 1. The molecule has 0 saturated carbocycles. The Morgan fingerprint density at radius 1 is 0.880 bits per heavy atom. The summed E-state index contributed by atoms with van der Waals surface area (Å²) in [6, 6.07) is 9.16. The lowest BCUT2D eigenvalue weighted by Crippen LogP contribution is -2.33. The number of hydrogen-bond donors (Lipinski definition) is 2. The van der Waals surface area contributed by atoms with E-state index in [4.69, 9.17) is 0 Å². The van der Waals surface area contributed by atoms with Crippen LogP contribution in [0.4, 0.5) is 5.69 Å². The van der Waals surface area contributed by atoms with Gasteiger partial charge < -0.3 is 5.32 Å². The van der Waals surface area contributed by atoms with Gasteiger partial charge in [-0.2, -0.15) is 0 Å². The number of carbonyl (C=O) groups excluding carboxylic acids is 1. The minimum absolute atomic E-state index is 0.197. The van der Waals surface area contributed by atoms with Gasteiger partial charge in [0.05, 0.1) is 11.4 Å². The fraction of sp³-hybridized carbons (Fsp3) is 0.316.